The number of amides is 1. The molecule has 0 spiro atoms. The predicted octanol–water partition coefficient (Wildman–Crippen LogP) is 3.77. The zero-order chi connectivity index (χ0) is 16.9. The van der Waals surface area contributed by atoms with Gasteiger partial charge in [0.05, 0.1) is 18.8 Å². The number of fused-ring (bicyclic) bond motifs is 1. The molecule has 0 atom stereocenters. The third kappa shape index (κ3) is 3.60. The fourth-order valence-corrected chi connectivity index (χ4v) is 2.60. The Labute approximate surface area is 147 Å². The molecule has 2 aromatic carbocycles. The second-order valence-corrected chi connectivity index (χ2v) is 5.89. The molecule has 1 heterocycles. The third-order valence-electron chi connectivity index (χ3n) is 3.39. The van der Waals surface area contributed by atoms with Crippen LogP contribution >= 0.6 is 15.9 Å². The molecule has 1 aromatic heterocycles. The van der Waals surface area contributed by atoms with E-state index < -0.39 is 0 Å². The van der Waals surface area contributed by atoms with Crippen LogP contribution in [0.2, 0.25) is 0 Å². The molecule has 0 aliphatic carbocycles. The molecule has 0 saturated carbocycles. The van der Waals surface area contributed by atoms with Crippen molar-refractivity contribution in [3.05, 3.63) is 70.3 Å². The van der Waals surface area contributed by atoms with E-state index in [9.17, 15) is 4.79 Å². The number of benzene rings is 2. The molecule has 0 unspecified atom stereocenters. The van der Waals surface area contributed by atoms with Crippen LogP contribution in [0.1, 0.15) is 16.1 Å². The average Bonchev–Trinajstić information content (AvgIpc) is 2.61. The molecule has 6 heteroatoms. The first-order chi connectivity index (χ1) is 11.7. The Morgan fingerprint density at radius 2 is 2.04 bits per heavy atom. The molecule has 3 aromatic rings. The van der Waals surface area contributed by atoms with Gasteiger partial charge in [-0.15, -0.1) is 0 Å². The highest BCUT2D eigenvalue weighted by atomic mass is 79.9. The molecule has 0 radical (unpaired) electrons. The largest absolute Gasteiger partial charge is 0.496 e. The van der Waals surface area contributed by atoms with Crippen molar-refractivity contribution in [2.75, 3.05) is 7.11 Å². The van der Waals surface area contributed by atoms with E-state index in [4.69, 9.17) is 4.74 Å². The number of pyridine rings is 1. The van der Waals surface area contributed by atoms with E-state index in [-0.39, 0.29) is 5.91 Å². The van der Waals surface area contributed by atoms with E-state index in [2.05, 4.69) is 31.4 Å². The number of hydrogen-bond acceptors (Lipinski definition) is 4. The summed E-state index contributed by atoms with van der Waals surface area (Å²) in [6.45, 7) is 0. The van der Waals surface area contributed by atoms with Gasteiger partial charge in [0.25, 0.3) is 5.91 Å². The highest BCUT2D eigenvalue weighted by Crippen LogP contribution is 2.21. The van der Waals surface area contributed by atoms with Crippen LogP contribution in [0.3, 0.4) is 0 Å². The van der Waals surface area contributed by atoms with Crippen molar-refractivity contribution in [3.8, 4) is 5.75 Å². The molecule has 0 saturated heterocycles. The molecular formula is C18H14BrN3O2. The first-order valence-corrected chi connectivity index (χ1v) is 7.99. The maximum atomic E-state index is 12.2. The van der Waals surface area contributed by atoms with Crippen molar-refractivity contribution in [1.82, 2.24) is 10.4 Å². The van der Waals surface area contributed by atoms with Crippen LogP contribution in [-0.2, 0) is 0 Å². The number of rotatable bonds is 4. The summed E-state index contributed by atoms with van der Waals surface area (Å²) in [5, 5.41) is 4.97. The topological polar surface area (TPSA) is 63.6 Å². The van der Waals surface area contributed by atoms with Crippen molar-refractivity contribution < 1.29 is 9.53 Å². The molecule has 0 aliphatic heterocycles. The Balaban J connectivity index is 1.76. The summed E-state index contributed by atoms with van der Waals surface area (Å²) in [4.78, 5) is 16.5. The van der Waals surface area contributed by atoms with Crippen molar-refractivity contribution >= 4 is 39.0 Å². The number of hydrogen-bond donors (Lipinski definition) is 1. The van der Waals surface area contributed by atoms with Gasteiger partial charge in [0, 0.05) is 15.4 Å². The molecule has 0 aliphatic rings. The lowest BCUT2D eigenvalue weighted by Crippen LogP contribution is -2.19. The number of halogens is 1. The quantitative estimate of drug-likeness (QED) is 0.550. The molecule has 0 bridgehead atoms. The van der Waals surface area contributed by atoms with Crippen LogP contribution in [0.5, 0.6) is 5.75 Å². The van der Waals surface area contributed by atoms with E-state index in [1.165, 1.54) is 6.21 Å². The Bertz CT molecular complexity index is 925. The van der Waals surface area contributed by atoms with E-state index in [0.29, 0.717) is 11.4 Å². The minimum absolute atomic E-state index is 0.312. The number of carbonyl (C=O) groups excluding carboxylic acids is 1. The number of nitrogens with one attached hydrogen (secondary N) is 1. The second kappa shape index (κ2) is 7.23. The van der Waals surface area contributed by atoms with E-state index in [0.717, 1.165) is 20.9 Å². The molecule has 120 valence electrons. The zero-order valence-electron chi connectivity index (χ0n) is 12.9. The van der Waals surface area contributed by atoms with Crippen LogP contribution in [0.15, 0.2) is 64.2 Å². The molecule has 3 rings (SSSR count). The van der Waals surface area contributed by atoms with Gasteiger partial charge in [-0.05, 0) is 30.3 Å². The summed E-state index contributed by atoms with van der Waals surface area (Å²) in [7, 11) is 1.58. The first kappa shape index (κ1) is 16.1. The van der Waals surface area contributed by atoms with Crippen molar-refractivity contribution in [1.29, 1.82) is 0 Å². The van der Waals surface area contributed by atoms with Gasteiger partial charge in [-0.1, -0.05) is 40.2 Å². The van der Waals surface area contributed by atoms with Crippen molar-refractivity contribution in [3.63, 3.8) is 0 Å². The van der Waals surface area contributed by atoms with Gasteiger partial charge in [0.15, 0.2) is 0 Å². The van der Waals surface area contributed by atoms with Crippen LogP contribution in [-0.4, -0.2) is 24.2 Å². The lowest BCUT2D eigenvalue weighted by molar-refractivity contribution is 0.0950. The number of ether oxygens (including phenoxy) is 1. The monoisotopic (exact) mass is 383 g/mol. The molecule has 0 fully saturated rings. The van der Waals surface area contributed by atoms with Gasteiger partial charge < -0.3 is 4.74 Å². The molecule has 1 N–H and O–H groups in total. The van der Waals surface area contributed by atoms with Gasteiger partial charge in [-0.3, -0.25) is 4.79 Å². The van der Waals surface area contributed by atoms with Crippen LogP contribution < -0.4 is 10.2 Å². The fourth-order valence-electron chi connectivity index (χ4n) is 2.22. The van der Waals surface area contributed by atoms with Gasteiger partial charge in [0.1, 0.15) is 11.4 Å². The number of aromatic nitrogens is 1. The maximum absolute atomic E-state index is 12.2. The zero-order valence-corrected chi connectivity index (χ0v) is 14.4. The van der Waals surface area contributed by atoms with Gasteiger partial charge >= 0.3 is 0 Å². The van der Waals surface area contributed by atoms with E-state index in [1.807, 2.05) is 48.5 Å². The summed E-state index contributed by atoms with van der Waals surface area (Å²) in [5.41, 5.74) is 4.31. The Morgan fingerprint density at radius 1 is 1.21 bits per heavy atom. The molecule has 24 heavy (non-hydrogen) atoms. The summed E-state index contributed by atoms with van der Waals surface area (Å²) in [5.74, 6) is 0.297. The minimum atomic E-state index is -0.369. The molecule has 5 nitrogen and oxygen atoms in total. The number of para-hydroxylation sites is 1. The second-order valence-electron chi connectivity index (χ2n) is 4.97. The van der Waals surface area contributed by atoms with E-state index >= 15 is 0 Å². The van der Waals surface area contributed by atoms with Crippen LogP contribution in [0, 0.1) is 0 Å². The van der Waals surface area contributed by atoms with Crippen molar-refractivity contribution in [2.24, 2.45) is 5.10 Å². The Hall–Kier alpha value is -2.73. The Kier molecular flexibility index (Phi) is 4.86. The summed E-state index contributed by atoms with van der Waals surface area (Å²) in [6.07, 6.45) is 1.53. The normalized spacial score (nSPS) is 10.9. The first-order valence-electron chi connectivity index (χ1n) is 7.20. The van der Waals surface area contributed by atoms with E-state index in [1.54, 1.807) is 13.2 Å². The predicted molar refractivity (Wildman–Crippen MR) is 97.5 cm³/mol. The highest BCUT2D eigenvalue weighted by molar-refractivity contribution is 9.10. The number of carbonyl (C=O) groups is 1. The third-order valence-corrected chi connectivity index (χ3v) is 3.89. The smallest absolute Gasteiger partial charge is 0.289 e. The van der Waals surface area contributed by atoms with Gasteiger partial charge in [-0.25, -0.2) is 10.4 Å². The average molecular weight is 384 g/mol. The molecule has 1 amide bonds. The highest BCUT2D eigenvalue weighted by Gasteiger charge is 2.07. The summed E-state index contributed by atoms with van der Waals surface area (Å²) in [6, 6.07) is 16.7. The van der Waals surface area contributed by atoms with Gasteiger partial charge in [-0.2, -0.15) is 5.10 Å². The minimum Gasteiger partial charge on any atom is -0.496 e. The number of methoxy groups -OCH3 is 1. The SMILES string of the molecule is COc1ccc(Br)cc1/C=N/NC(=O)c1ccc2ccccc2n1. The lowest BCUT2D eigenvalue weighted by Gasteiger charge is -2.05. The number of nitrogens with zero attached hydrogens (tertiary/aromatic N) is 2. The summed E-state index contributed by atoms with van der Waals surface area (Å²) < 4.78 is 6.15. The van der Waals surface area contributed by atoms with Gasteiger partial charge in [0.2, 0.25) is 0 Å². The van der Waals surface area contributed by atoms with Crippen LogP contribution in [0.4, 0.5) is 0 Å². The van der Waals surface area contributed by atoms with Crippen LogP contribution in [0.25, 0.3) is 10.9 Å². The lowest BCUT2D eigenvalue weighted by atomic mass is 10.2. The number of hydrazone groups is 1. The fraction of sp³-hybridized carbons (Fsp3) is 0.0556. The summed E-state index contributed by atoms with van der Waals surface area (Å²) >= 11 is 3.39. The maximum Gasteiger partial charge on any atom is 0.289 e. The standard InChI is InChI=1S/C18H14BrN3O2/c1-24-17-9-7-14(19)10-13(17)11-20-22-18(23)16-8-6-12-4-2-3-5-15(12)21-16/h2-11H,1H3,(H,22,23)/b20-11+. The van der Waals surface area contributed by atoms with Crippen molar-refractivity contribution in [2.45, 2.75) is 0 Å². The molecular weight excluding hydrogens is 370 g/mol. The Morgan fingerprint density at radius 3 is 2.88 bits per heavy atom.